The SMILES string of the molecule is Brc1ccc2c(C3=CCCCC3)c[nH]c2c1.Brc1ccc2c(C3CCCCC3)c[nH]c2c1.Brc1ccc2cc[nH]c2c1.CC(C)[Si](C(C)C)(C(C)C)n1cc(C2CCCCC2)c2ccc(Br)cc21.O=C1CCCCC1. The zero-order chi connectivity index (χ0) is 53.1. The molecule has 4 aromatic carbocycles. The van der Waals surface area contributed by atoms with Crippen molar-refractivity contribution in [2.45, 2.75) is 192 Å². The number of nitrogens with one attached hydrogen (secondary N) is 3. The number of halogens is 4. The lowest BCUT2D eigenvalue weighted by molar-refractivity contribution is -0.120. The van der Waals surface area contributed by atoms with Crippen LogP contribution in [0.25, 0.3) is 49.2 Å². The van der Waals surface area contributed by atoms with Crippen LogP contribution in [0, 0.1) is 0 Å². The second kappa shape index (κ2) is 27.5. The second-order valence-electron chi connectivity index (χ2n) is 22.7. The molecule has 0 spiro atoms. The van der Waals surface area contributed by atoms with E-state index in [1.54, 1.807) is 5.56 Å². The Morgan fingerprint density at radius 3 is 1.59 bits per heavy atom. The van der Waals surface area contributed by atoms with Crippen molar-refractivity contribution in [3.8, 4) is 0 Å². The first-order valence-corrected chi connectivity index (χ1v) is 33.9. The monoisotopic (exact) mass is 1280 g/mol. The van der Waals surface area contributed by atoms with Crippen molar-refractivity contribution in [1.82, 2.24) is 19.2 Å². The number of Topliss-reactive ketones (excluding diaryl/α,β-unsaturated/α-hetero) is 1. The third-order valence-corrected chi connectivity index (χ3v) is 25.7. The first-order chi connectivity index (χ1) is 36.2. The summed E-state index contributed by atoms with van der Waals surface area (Å²) in [6, 6.07) is 28.2. The minimum atomic E-state index is -1.74. The molecule has 3 fully saturated rings. The fraction of sp³-hybridized carbons (Fsp3) is 0.462. The molecule has 4 aromatic heterocycles. The lowest BCUT2D eigenvalue weighted by Gasteiger charge is -2.44. The fourth-order valence-electron chi connectivity index (χ4n) is 13.4. The van der Waals surface area contributed by atoms with Crippen LogP contribution in [0.1, 0.15) is 192 Å². The molecule has 5 nitrogen and oxygen atoms in total. The molecule has 4 aliphatic rings. The predicted octanol–water partition coefficient (Wildman–Crippen LogP) is 22.8. The highest BCUT2D eigenvalue weighted by atomic mass is 79.9. The quantitative estimate of drug-likeness (QED) is 0.137. The molecule has 4 heterocycles. The van der Waals surface area contributed by atoms with Crippen molar-refractivity contribution in [2.24, 2.45) is 0 Å². The van der Waals surface area contributed by atoms with Gasteiger partial charge in [-0.1, -0.05) is 181 Å². The molecule has 3 N–H and O–H groups in total. The van der Waals surface area contributed by atoms with E-state index in [9.17, 15) is 4.79 Å². The van der Waals surface area contributed by atoms with Crippen LogP contribution >= 0.6 is 63.7 Å². The van der Waals surface area contributed by atoms with Crippen molar-refractivity contribution in [3.05, 3.63) is 144 Å². The number of ketones is 1. The van der Waals surface area contributed by atoms with Gasteiger partial charge in [0.2, 0.25) is 0 Å². The van der Waals surface area contributed by atoms with Crippen molar-refractivity contribution >= 4 is 127 Å². The van der Waals surface area contributed by atoms with Gasteiger partial charge in [0.25, 0.3) is 0 Å². The number of hydrogen-bond donors (Lipinski definition) is 3. The van der Waals surface area contributed by atoms with E-state index in [2.05, 4.69) is 222 Å². The first kappa shape index (κ1) is 57.8. The number of benzene rings is 4. The van der Waals surface area contributed by atoms with Gasteiger partial charge < -0.3 is 19.2 Å². The van der Waals surface area contributed by atoms with Gasteiger partial charge in [0.1, 0.15) is 5.78 Å². The summed E-state index contributed by atoms with van der Waals surface area (Å²) in [6.07, 6.45) is 35.6. The van der Waals surface area contributed by atoms with Gasteiger partial charge in [-0.3, -0.25) is 4.79 Å². The van der Waals surface area contributed by atoms with Crippen molar-refractivity contribution in [2.75, 3.05) is 0 Å². The summed E-state index contributed by atoms with van der Waals surface area (Å²) < 4.78 is 7.42. The molecule has 4 aliphatic carbocycles. The number of hydrogen-bond acceptors (Lipinski definition) is 1. The molecule has 12 rings (SSSR count). The summed E-state index contributed by atoms with van der Waals surface area (Å²) in [7, 11) is -1.74. The molecule has 75 heavy (non-hydrogen) atoms. The average Bonchev–Trinajstić information content (AvgIpc) is 4.23. The normalized spacial score (nSPS) is 16.8. The third kappa shape index (κ3) is 14.3. The summed E-state index contributed by atoms with van der Waals surface area (Å²) in [5.74, 6) is 2.00. The zero-order valence-corrected chi connectivity index (χ0v) is 52.9. The number of allylic oxidation sites excluding steroid dienone is 2. The van der Waals surface area contributed by atoms with E-state index in [-0.39, 0.29) is 0 Å². The summed E-state index contributed by atoms with van der Waals surface area (Å²) >= 11 is 14.2. The molecule has 0 atom stereocenters. The Morgan fingerprint density at radius 2 is 1.01 bits per heavy atom. The van der Waals surface area contributed by atoms with Crippen molar-refractivity contribution < 1.29 is 4.79 Å². The molecule has 0 radical (unpaired) electrons. The maximum atomic E-state index is 10.5. The van der Waals surface area contributed by atoms with Gasteiger partial charge in [-0.15, -0.1) is 0 Å². The highest BCUT2D eigenvalue weighted by Crippen LogP contribution is 2.47. The smallest absolute Gasteiger partial charge is 0.169 e. The van der Waals surface area contributed by atoms with E-state index in [4.69, 9.17) is 0 Å². The Labute approximate surface area is 483 Å². The lowest BCUT2D eigenvalue weighted by atomic mass is 9.84. The number of H-pyrrole nitrogens is 3. The minimum Gasteiger partial charge on any atom is -0.373 e. The Bertz CT molecular complexity index is 3110. The van der Waals surface area contributed by atoms with Gasteiger partial charge in [0.15, 0.2) is 8.24 Å². The number of fused-ring (bicyclic) bond motifs is 4. The van der Waals surface area contributed by atoms with Crippen molar-refractivity contribution in [1.29, 1.82) is 0 Å². The predicted molar refractivity (Wildman–Crippen MR) is 340 cm³/mol. The van der Waals surface area contributed by atoms with Crippen LogP contribution in [0.2, 0.25) is 16.6 Å². The topological polar surface area (TPSA) is 69.4 Å². The van der Waals surface area contributed by atoms with E-state index < -0.39 is 8.24 Å². The van der Waals surface area contributed by atoms with Gasteiger partial charge in [0.05, 0.1) is 0 Å². The number of rotatable bonds is 7. The van der Waals surface area contributed by atoms with Gasteiger partial charge in [-0.05, 0) is 176 Å². The van der Waals surface area contributed by atoms with Crippen LogP contribution in [-0.2, 0) is 4.79 Å². The Morgan fingerprint density at radius 1 is 0.507 bits per heavy atom. The summed E-state index contributed by atoms with van der Waals surface area (Å²) in [5, 5.41) is 5.52. The van der Waals surface area contributed by atoms with E-state index >= 15 is 0 Å². The largest absolute Gasteiger partial charge is 0.373 e. The average molecular weight is 1280 g/mol. The molecule has 0 aliphatic heterocycles. The van der Waals surface area contributed by atoms with Gasteiger partial charge in [-0.25, -0.2) is 0 Å². The zero-order valence-electron chi connectivity index (χ0n) is 45.6. The lowest BCUT2D eigenvalue weighted by Crippen LogP contribution is -2.51. The molecule has 10 heteroatoms. The Kier molecular flexibility index (Phi) is 21.1. The number of aromatic amines is 3. The minimum absolute atomic E-state index is 0.464. The number of carbonyl (C=O) groups is 1. The van der Waals surface area contributed by atoms with Crippen LogP contribution in [0.3, 0.4) is 0 Å². The highest BCUT2D eigenvalue weighted by molar-refractivity contribution is 9.11. The van der Waals surface area contributed by atoms with Crippen LogP contribution in [-0.4, -0.2) is 33.2 Å². The molecule has 0 saturated heterocycles. The maximum Gasteiger partial charge on any atom is 0.169 e. The molecular weight excluding hydrogens is 1200 g/mol. The van der Waals surface area contributed by atoms with E-state index in [0.29, 0.717) is 5.78 Å². The fourth-order valence-corrected chi connectivity index (χ4v) is 21.5. The molecule has 0 bridgehead atoms. The summed E-state index contributed by atoms with van der Waals surface area (Å²) in [6.45, 7) is 14.8. The molecule has 3 saturated carbocycles. The summed E-state index contributed by atoms with van der Waals surface area (Å²) in [5.41, 5.74) is 13.3. The standard InChI is InChI=1S/C23H36BrNSi.C14H16BrN.C14H14BrN.C8H6BrN.C6H10O/c1-16(2)26(17(3)4,18(5)6)25-15-22(19-10-8-7-9-11-19)21-13-12-20(24)14-23(21)25;2*15-11-6-7-12-13(9-16-14(12)8-11)10-4-2-1-3-5-10;9-7-2-1-6-3-4-10-8(6)5-7;7-6-4-2-1-3-5-6/h12-19H,7-11H2,1-6H3;6-10,16H,1-5H2;4,6-9,16H,1-3,5H2;1-5,10H;1-5H2. The maximum absolute atomic E-state index is 10.5. The molecule has 400 valence electrons. The third-order valence-electron chi connectivity index (χ3n) is 17.0. The van der Waals surface area contributed by atoms with Crippen LogP contribution in [0.5, 0.6) is 0 Å². The van der Waals surface area contributed by atoms with Crippen LogP contribution < -0.4 is 0 Å². The number of carbonyl (C=O) groups excluding carboxylic acids is 1. The Hall–Kier alpha value is -3.41. The van der Waals surface area contributed by atoms with E-state index in [1.807, 2.05) is 12.3 Å². The highest BCUT2D eigenvalue weighted by Gasteiger charge is 2.46. The molecule has 0 amide bonds. The summed E-state index contributed by atoms with van der Waals surface area (Å²) in [4.78, 5) is 20.3. The van der Waals surface area contributed by atoms with Gasteiger partial charge in [0, 0.05) is 93.1 Å². The van der Waals surface area contributed by atoms with Crippen LogP contribution in [0.15, 0.2) is 128 Å². The van der Waals surface area contributed by atoms with Gasteiger partial charge in [-0.2, -0.15) is 0 Å². The number of aromatic nitrogens is 4. The van der Waals surface area contributed by atoms with Crippen molar-refractivity contribution in [3.63, 3.8) is 0 Å². The number of nitrogens with zero attached hydrogens (tertiary/aromatic N) is 1. The second-order valence-corrected chi connectivity index (χ2v) is 32.1. The van der Waals surface area contributed by atoms with Crippen LogP contribution in [0.4, 0.5) is 0 Å². The van der Waals surface area contributed by atoms with E-state index in [0.717, 1.165) is 67.6 Å². The van der Waals surface area contributed by atoms with E-state index in [1.165, 1.54) is 161 Å². The Balaban J connectivity index is 0.000000132. The van der Waals surface area contributed by atoms with Gasteiger partial charge >= 0.3 is 0 Å². The molecule has 0 unspecified atom stereocenters. The molecular formula is C65H82Br4N4OSi. The molecule has 8 aromatic rings. The first-order valence-electron chi connectivity index (χ1n) is 28.5.